The molecular weight excluding hydrogens is 184 g/mol. The van der Waals surface area contributed by atoms with Crippen LogP contribution in [-0.2, 0) is 0 Å². The van der Waals surface area contributed by atoms with Gasteiger partial charge in [-0.3, -0.25) is 0 Å². The summed E-state index contributed by atoms with van der Waals surface area (Å²) in [5.74, 6) is 0.827. The Kier molecular flexibility index (Phi) is 1.94. The Morgan fingerprint density at radius 2 is 2.38 bits per heavy atom. The topological polar surface area (TPSA) is 46.5 Å². The summed E-state index contributed by atoms with van der Waals surface area (Å²) < 4.78 is 2.19. The second-order valence-electron chi connectivity index (χ2n) is 2.72. The molecule has 5 heteroatoms. The average Bonchev–Trinajstić information content (AvgIpc) is 2.52. The van der Waals surface area contributed by atoms with E-state index in [9.17, 15) is 0 Å². The fourth-order valence-electron chi connectivity index (χ4n) is 1.04. The lowest BCUT2D eigenvalue weighted by Crippen LogP contribution is -1.98. The van der Waals surface area contributed by atoms with Crippen LogP contribution in [0.3, 0.4) is 0 Å². The van der Waals surface area contributed by atoms with Crippen LogP contribution in [0.2, 0.25) is 0 Å². The molecule has 0 aliphatic heterocycles. The molecule has 66 valence electrons. The average molecular weight is 192 g/mol. The Morgan fingerprint density at radius 1 is 1.54 bits per heavy atom. The van der Waals surface area contributed by atoms with Gasteiger partial charge in [0.25, 0.3) is 0 Å². The first-order chi connectivity index (χ1) is 6.25. The normalized spacial score (nSPS) is 10.2. The highest BCUT2D eigenvalue weighted by atomic mass is 32.1. The molecule has 0 saturated carbocycles. The number of rotatable bonds is 1. The largest absolute Gasteiger partial charge is 0.315 e. The van der Waals surface area contributed by atoms with Crippen molar-refractivity contribution in [1.29, 1.82) is 0 Å². The maximum atomic E-state index is 4.90. The van der Waals surface area contributed by atoms with Gasteiger partial charge in [0, 0.05) is 12.4 Å². The quantitative estimate of drug-likeness (QED) is 0.698. The van der Waals surface area contributed by atoms with Gasteiger partial charge in [0.15, 0.2) is 4.77 Å². The van der Waals surface area contributed by atoms with Gasteiger partial charge in [-0.2, -0.15) is 5.10 Å². The van der Waals surface area contributed by atoms with E-state index < -0.39 is 0 Å². The summed E-state index contributed by atoms with van der Waals surface area (Å²) in [6.45, 7) is 1.99. The lowest BCUT2D eigenvalue weighted by Gasteiger charge is -1.98. The molecule has 0 amide bonds. The Balaban J connectivity index is 2.52. The van der Waals surface area contributed by atoms with Crippen LogP contribution >= 0.6 is 12.2 Å². The first-order valence-corrected chi connectivity index (χ1v) is 4.23. The van der Waals surface area contributed by atoms with E-state index in [2.05, 4.69) is 15.1 Å². The SMILES string of the molecule is Cc1cnn(-c2ccnc(=S)[nH]2)c1. The zero-order valence-corrected chi connectivity index (χ0v) is 7.88. The van der Waals surface area contributed by atoms with Crippen LogP contribution in [0.15, 0.2) is 24.7 Å². The molecule has 13 heavy (non-hydrogen) atoms. The highest BCUT2D eigenvalue weighted by molar-refractivity contribution is 7.71. The van der Waals surface area contributed by atoms with Gasteiger partial charge >= 0.3 is 0 Å². The molecule has 2 aromatic rings. The first-order valence-electron chi connectivity index (χ1n) is 3.83. The van der Waals surface area contributed by atoms with Crippen molar-refractivity contribution < 1.29 is 0 Å². The van der Waals surface area contributed by atoms with Gasteiger partial charge in [0.05, 0.1) is 6.20 Å². The molecule has 0 aromatic carbocycles. The van der Waals surface area contributed by atoms with Gasteiger partial charge in [0.1, 0.15) is 5.82 Å². The van der Waals surface area contributed by atoms with E-state index in [-0.39, 0.29) is 0 Å². The van der Waals surface area contributed by atoms with Gasteiger partial charge in [0.2, 0.25) is 0 Å². The molecule has 0 saturated heterocycles. The molecule has 4 nitrogen and oxygen atoms in total. The van der Waals surface area contributed by atoms with Crippen molar-refractivity contribution in [3.05, 3.63) is 35.0 Å². The van der Waals surface area contributed by atoms with E-state index >= 15 is 0 Å². The molecule has 0 atom stereocenters. The summed E-state index contributed by atoms with van der Waals surface area (Å²) in [7, 11) is 0. The van der Waals surface area contributed by atoms with E-state index in [0.29, 0.717) is 4.77 Å². The van der Waals surface area contributed by atoms with E-state index in [1.807, 2.05) is 19.2 Å². The highest BCUT2D eigenvalue weighted by Crippen LogP contribution is 2.02. The molecule has 2 heterocycles. The zero-order valence-electron chi connectivity index (χ0n) is 7.06. The number of hydrogen-bond donors (Lipinski definition) is 1. The molecule has 2 rings (SSSR count). The Labute approximate surface area is 80.3 Å². The molecule has 0 aliphatic carbocycles. The van der Waals surface area contributed by atoms with Crippen molar-refractivity contribution in [1.82, 2.24) is 19.7 Å². The fraction of sp³-hybridized carbons (Fsp3) is 0.125. The van der Waals surface area contributed by atoms with E-state index in [0.717, 1.165) is 11.4 Å². The number of aryl methyl sites for hydroxylation is 1. The third-order valence-corrected chi connectivity index (χ3v) is 1.83. The van der Waals surface area contributed by atoms with Crippen molar-refractivity contribution in [3.63, 3.8) is 0 Å². The summed E-state index contributed by atoms with van der Waals surface area (Å²) >= 11 is 4.90. The Hall–Kier alpha value is -1.49. The molecule has 0 radical (unpaired) electrons. The number of nitrogens with one attached hydrogen (secondary N) is 1. The summed E-state index contributed by atoms with van der Waals surface area (Å²) in [4.78, 5) is 6.83. The van der Waals surface area contributed by atoms with E-state index in [1.165, 1.54) is 0 Å². The Bertz CT molecular complexity index is 471. The minimum absolute atomic E-state index is 0.464. The number of nitrogens with zero attached hydrogens (tertiary/aromatic N) is 3. The summed E-state index contributed by atoms with van der Waals surface area (Å²) in [5, 5.41) is 4.14. The van der Waals surface area contributed by atoms with Crippen LogP contribution in [0.4, 0.5) is 0 Å². The predicted molar refractivity (Wildman–Crippen MR) is 51.3 cm³/mol. The molecule has 0 spiro atoms. The number of aromatic amines is 1. The summed E-state index contributed by atoms with van der Waals surface area (Å²) in [6.07, 6.45) is 5.36. The molecule has 1 N–H and O–H groups in total. The van der Waals surface area contributed by atoms with Crippen LogP contribution in [0.25, 0.3) is 5.82 Å². The van der Waals surface area contributed by atoms with Crippen LogP contribution in [-0.4, -0.2) is 19.7 Å². The Morgan fingerprint density at radius 3 is 3.00 bits per heavy atom. The van der Waals surface area contributed by atoms with Crippen molar-refractivity contribution in [3.8, 4) is 5.82 Å². The fourth-order valence-corrected chi connectivity index (χ4v) is 1.20. The second-order valence-corrected chi connectivity index (χ2v) is 3.11. The molecule has 0 bridgehead atoms. The van der Waals surface area contributed by atoms with Crippen LogP contribution in [0.1, 0.15) is 5.56 Å². The smallest absolute Gasteiger partial charge is 0.198 e. The first kappa shape index (κ1) is 8.12. The molecular formula is C8H8N4S. The lowest BCUT2D eigenvalue weighted by atomic mass is 10.4. The van der Waals surface area contributed by atoms with Gasteiger partial charge < -0.3 is 4.98 Å². The maximum absolute atomic E-state index is 4.90. The lowest BCUT2D eigenvalue weighted by molar-refractivity contribution is 0.835. The van der Waals surface area contributed by atoms with Gasteiger partial charge in [-0.25, -0.2) is 9.67 Å². The second kappa shape index (κ2) is 3.10. The minimum Gasteiger partial charge on any atom is -0.315 e. The molecule has 0 unspecified atom stereocenters. The highest BCUT2D eigenvalue weighted by Gasteiger charge is 1.96. The third-order valence-electron chi connectivity index (χ3n) is 1.62. The van der Waals surface area contributed by atoms with Crippen LogP contribution in [0, 0.1) is 11.7 Å². The number of aromatic nitrogens is 4. The van der Waals surface area contributed by atoms with Crippen LogP contribution < -0.4 is 0 Å². The maximum Gasteiger partial charge on any atom is 0.198 e. The number of H-pyrrole nitrogens is 1. The van der Waals surface area contributed by atoms with Crippen molar-refractivity contribution >= 4 is 12.2 Å². The van der Waals surface area contributed by atoms with Gasteiger partial charge in [-0.05, 0) is 30.8 Å². The summed E-state index contributed by atoms with van der Waals surface area (Å²) in [6, 6.07) is 1.82. The minimum atomic E-state index is 0.464. The van der Waals surface area contributed by atoms with Crippen molar-refractivity contribution in [2.75, 3.05) is 0 Å². The van der Waals surface area contributed by atoms with E-state index in [4.69, 9.17) is 12.2 Å². The zero-order chi connectivity index (χ0) is 9.26. The van der Waals surface area contributed by atoms with E-state index in [1.54, 1.807) is 17.1 Å². The van der Waals surface area contributed by atoms with Crippen molar-refractivity contribution in [2.24, 2.45) is 0 Å². The van der Waals surface area contributed by atoms with Crippen molar-refractivity contribution in [2.45, 2.75) is 6.92 Å². The molecule has 2 aromatic heterocycles. The predicted octanol–water partition coefficient (Wildman–Crippen LogP) is 1.63. The molecule has 0 aliphatic rings. The van der Waals surface area contributed by atoms with Crippen LogP contribution in [0.5, 0.6) is 0 Å². The molecule has 0 fully saturated rings. The standard InChI is InChI=1S/C8H8N4S/c1-6-4-10-12(5-6)7-2-3-9-8(13)11-7/h2-5H,1H3,(H,9,11,13). The third kappa shape index (κ3) is 1.65. The summed E-state index contributed by atoms with van der Waals surface area (Å²) in [5.41, 5.74) is 1.11. The van der Waals surface area contributed by atoms with Gasteiger partial charge in [-0.15, -0.1) is 0 Å². The monoisotopic (exact) mass is 192 g/mol. The van der Waals surface area contributed by atoms with Gasteiger partial charge in [-0.1, -0.05) is 0 Å². The number of hydrogen-bond acceptors (Lipinski definition) is 3.